The molecule has 0 bridgehead atoms. The number of carbonyl (C=O) groups is 2. The summed E-state index contributed by atoms with van der Waals surface area (Å²) < 4.78 is 0. The summed E-state index contributed by atoms with van der Waals surface area (Å²) in [5.74, 6) is -0.740. The van der Waals surface area contributed by atoms with E-state index in [-0.39, 0.29) is 23.8 Å². The van der Waals surface area contributed by atoms with Crippen LogP contribution in [0.1, 0.15) is 13.3 Å². The number of amides is 1. The van der Waals surface area contributed by atoms with Crippen molar-refractivity contribution < 1.29 is 19.8 Å². The van der Waals surface area contributed by atoms with E-state index in [1.165, 1.54) is 6.92 Å². The van der Waals surface area contributed by atoms with Gasteiger partial charge in [-0.2, -0.15) is 0 Å². The van der Waals surface area contributed by atoms with Gasteiger partial charge in [0.25, 0.3) is 0 Å². The number of Topliss-reactive ketones (excluding diaryl/α,β-unsaturated/α-hetero) is 1. The lowest BCUT2D eigenvalue weighted by molar-refractivity contribution is -0.124. The van der Waals surface area contributed by atoms with E-state index in [9.17, 15) is 9.59 Å². The number of aliphatic hydroxyl groups excluding tert-OH is 2. The van der Waals surface area contributed by atoms with Gasteiger partial charge < -0.3 is 15.5 Å². The number of rotatable bonds is 1. The molecule has 0 unspecified atom stereocenters. The van der Waals surface area contributed by atoms with Gasteiger partial charge in [0.05, 0.1) is 11.8 Å². The Morgan fingerprint density at radius 1 is 1.62 bits per heavy atom. The smallest absolute Gasteiger partial charge is 0.221 e. The molecule has 0 saturated heterocycles. The van der Waals surface area contributed by atoms with Crippen molar-refractivity contribution in [2.75, 3.05) is 0 Å². The number of nitrogens with one attached hydrogen (secondary N) is 1. The van der Waals surface area contributed by atoms with Crippen molar-refractivity contribution in [1.82, 2.24) is 5.32 Å². The summed E-state index contributed by atoms with van der Waals surface area (Å²) in [5.41, 5.74) is 0.0605. The highest BCUT2D eigenvalue weighted by Gasteiger charge is 2.27. The summed E-state index contributed by atoms with van der Waals surface area (Å²) in [4.78, 5) is 21.7. The van der Waals surface area contributed by atoms with Crippen LogP contribution in [0.4, 0.5) is 0 Å². The van der Waals surface area contributed by atoms with E-state index in [0.717, 1.165) is 6.08 Å². The Kier molecular flexibility index (Phi) is 2.79. The van der Waals surface area contributed by atoms with Crippen molar-refractivity contribution in [3.05, 3.63) is 11.8 Å². The molecule has 0 spiro atoms. The minimum absolute atomic E-state index is 0.0605. The molecule has 0 aliphatic heterocycles. The summed E-state index contributed by atoms with van der Waals surface area (Å²) in [6, 6.07) is 0. The van der Waals surface area contributed by atoms with Crippen LogP contribution >= 0.6 is 0 Å². The third-order valence-corrected chi connectivity index (χ3v) is 1.74. The molecule has 2 atom stereocenters. The molecular weight excluding hydrogens is 174 g/mol. The van der Waals surface area contributed by atoms with Crippen LogP contribution in [0.2, 0.25) is 0 Å². The van der Waals surface area contributed by atoms with E-state index in [1.54, 1.807) is 0 Å². The SMILES string of the molecule is CC(=O)NC1=C[C@H](O)[C@H](O)CC1=O. The largest absolute Gasteiger partial charge is 0.390 e. The van der Waals surface area contributed by atoms with Crippen LogP contribution in [0, 0.1) is 0 Å². The first-order valence-corrected chi connectivity index (χ1v) is 3.89. The molecule has 5 nitrogen and oxygen atoms in total. The van der Waals surface area contributed by atoms with E-state index in [2.05, 4.69) is 5.32 Å². The average molecular weight is 185 g/mol. The predicted octanol–water partition coefficient (Wildman–Crippen LogP) is -1.30. The highest BCUT2D eigenvalue weighted by Crippen LogP contribution is 2.13. The van der Waals surface area contributed by atoms with E-state index < -0.39 is 12.2 Å². The Balaban J connectivity index is 2.77. The molecule has 3 N–H and O–H groups in total. The molecule has 0 fully saturated rings. The van der Waals surface area contributed by atoms with Gasteiger partial charge in [-0.25, -0.2) is 0 Å². The van der Waals surface area contributed by atoms with Gasteiger partial charge in [-0.1, -0.05) is 0 Å². The summed E-state index contributed by atoms with van der Waals surface area (Å²) in [7, 11) is 0. The minimum atomic E-state index is -1.08. The molecule has 1 aliphatic carbocycles. The second kappa shape index (κ2) is 3.68. The Morgan fingerprint density at radius 3 is 2.77 bits per heavy atom. The Morgan fingerprint density at radius 2 is 2.23 bits per heavy atom. The maximum Gasteiger partial charge on any atom is 0.221 e. The topological polar surface area (TPSA) is 86.6 Å². The Hall–Kier alpha value is -1.20. The zero-order chi connectivity index (χ0) is 10.0. The molecule has 13 heavy (non-hydrogen) atoms. The van der Waals surface area contributed by atoms with Crippen LogP contribution in [0.5, 0.6) is 0 Å². The van der Waals surface area contributed by atoms with E-state index in [1.807, 2.05) is 0 Å². The van der Waals surface area contributed by atoms with Crippen molar-refractivity contribution in [3.63, 3.8) is 0 Å². The highest BCUT2D eigenvalue weighted by molar-refractivity contribution is 5.99. The fraction of sp³-hybridized carbons (Fsp3) is 0.500. The van der Waals surface area contributed by atoms with Crippen molar-refractivity contribution in [3.8, 4) is 0 Å². The molecule has 0 aromatic rings. The molecule has 0 heterocycles. The minimum Gasteiger partial charge on any atom is -0.390 e. The third-order valence-electron chi connectivity index (χ3n) is 1.74. The summed E-state index contributed by atoms with van der Waals surface area (Å²) in [5, 5.41) is 20.5. The highest BCUT2D eigenvalue weighted by atomic mass is 16.3. The van der Waals surface area contributed by atoms with Crippen LogP contribution < -0.4 is 5.32 Å². The van der Waals surface area contributed by atoms with Crippen LogP contribution in [0.25, 0.3) is 0 Å². The third kappa shape index (κ3) is 2.37. The average Bonchev–Trinajstić information content (AvgIpc) is 1.99. The summed E-state index contributed by atoms with van der Waals surface area (Å²) in [6.45, 7) is 1.27. The number of hydrogen-bond donors (Lipinski definition) is 3. The number of allylic oxidation sites excluding steroid dienone is 1. The number of carbonyl (C=O) groups excluding carboxylic acids is 2. The van der Waals surface area contributed by atoms with Gasteiger partial charge in [0, 0.05) is 13.3 Å². The van der Waals surface area contributed by atoms with Gasteiger partial charge in [0.15, 0.2) is 5.78 Å². The molecule has 0 radical (unpaired) electrons. The van der Waals surface area contributed by atoms with Crippen LogP contribution in [0.3, 0.4) is 0 Å². The van der Waals surface area contributed by atoms with Gasteiger partial charge in [-0.05, 0) is 6.08 Å². The van der Waals surface area contributed by atoms with Crippen LogP contribution in [-0.2, 0) is 9.59 Å². The first kappa shape index (κ1) is 9.88. The maximum absolute atomic E-state index is 11.1. The Labute approximate surface area is 75.1 Å². The lowest BCUT2D eigenvalue weighted by Crippen LogP contribution is -2.37. The van der Waals surface area contributed by atoms with Gasteiger partial charge in [-0.3, -0.25) is 9.59 Å². The van der Waals surface area contributed by atoms with Crippen LogP contribution in [-0.4, -0.2) is 34.1 Å². The number of aliphatic hydroxyl groups is 2. The van der Waals surface area contributed by atoms with E-state index in [0.29, 0.717) is 0 Å². The molecule has 1 rings (SSSR count). The molecular formula is C8H11NO4. The zero-order valence-electron chi connectivity index (χ0n) is 7.15. The number of hydrogen-bond acceptors (Lipinski definition) is 4. The first-order chi connectivity index (χ1) is 6.00. The molecule has 5 heteroatoms. The normalized spacial score (nSPS) is 28.2. The molecule has 1 aliphatic rings. The van der Waals surface area contributed by atoms with Crippen molar-refractivity contribution in [1.29, 1.82) is 0 Å². The first-order valence-electron chi connectivity index (χ1n) is 3.89. The van der Waals surface area contributed by atoms with Crippen LogP contribution in [0.15, 0.2) is 11.8 Å². The number of ketones is 1. The lowest BCUT2D eigenvalue weighted by atomic mass is 9.98. The second-order valence-corrected chi connectivity index (χ2v) is 2.95. The quantitative estimate of drug-likeness (QED) is 0.474. The summed E-state index contributed by atoms with van der Waals surface area (Å²) in [6.07, 6.45) is -1.16. The predicted molar refractivity (Wildman–Crippen MR) is 43.5 cm³/mol. The standard InChI is InChI=1S/C8H11NO4/c1-4(10)9-5-2-7(12)8(13)3-6(5)11/h2,7-8,12-13H,3H2,1H3,(H,9,10)/t7-,8+/m0/s1. The Bertz CT molecular complexity index is 271. The second-order valence-electron chi connectivity index (χ2n) is 2.95. The van der Waals surface area contributed by atoms with Gasteiger partial charge in [0.1, 0.15) is 6.10 Å². The molecule has 0 aromatic heterocycles. The van der Waals surface area contributed by atoms with Crippen molar-refractivity contribution >= 4 is 11.7 Å². The monoisotopic (exact) mass is 185 g/mol. The summed E-state index contributed by atoms with van der Waals surface area (Å²) >= 11 is 0. The molecule has 1 amide bonds. The lowest BCUT2D eigenvalue weighted by Gasteiger charge is -2.21. The maximum atomic E-state index is 11.1. The molecule has 0 saturated carbocycles. The zero-order valence-corrected chi connectivity index (χ0v) is 7.15. The molecule has 72 valence electrons. The molecule has 0 aromatic carbocycles. The van der Waals surface area contributed by atoms with Crippen molar-refractivity contribution in [2.45, 2.75) is 25.6 Å². The van der Waals surface area contributed by atoms with Gasteiger partial charge >= 0.3 is 0 Å². The van der Waals surface area contributed by atoms with E-state index >= 15 is 0 Å². The van der Waals surface area contributed by atoms with Gasteiger partial charge in [0.2, 0.25) is 5.91 Å². The fourth-order valence-electron chi connectivity index (χ4n) is 1.10. The van der Waals surface area contributed by atoms with Gasteiger partial charge in [-0.15, -0.1) is 0 Å². The van der Waals surface area contributed by atoms with Crippen molar-refractivity contribution in [2.24, 2.45) is 0 Å². The van der Waals surface area contributed by atoms with E-state index in [4.69, 9.17) is 10.2 Å². The fourth-order valence-corrected chi connectivity index (χ4v) is 1.10.